The van der Waals surface area contributed by atoms with Crippen molar-refractivity contribution in [1.29, 1.82) is 0 Å². The predicted octanol–water partition coefficient (Wildman–Crippen LogP) is 2.38. The minimum atomic E-state index is -0.337. The van der Waals surface area contributed by atoms with Gasteiger partial charge in [0.25, 0.3) is 0 Å². The van der Waals surface area contributed by atoms with E-state index in [0.29, 0.717) is 35.6 Å². The number of halogens is 1. The third kappa shape index (κ3) is 5.65. The van der Waals surface area contributed by atoms with Crippen molar-refractivity contribution in [2.24, 2.45) is 11.7 Å². The fourth-order valence-corrected chi connectivity index (χ4v) is 2.52. The molecule has 0 spiro atoms. The van der Waals surface area contributed by atoms with Gasteiger partial charge in [-0.05, 0) is 18.1 Å². The molecule has 6 nitrogen and oxygen atoms in total. The first-order valence-corrected chi connectivity index (χ1v) is 7.91. The summed E-state index contributed by atoms with van der Waals surface area (Å²) in [7, 11) is 0. The lowest BCUT2D eigenvalue weighted by Gasteiger charge is -2.21. The lowest BCUT2D eigenvalue weighted by atomic mass is 10.2. The maximum absolute atomic E-state index is 11.1. The molecule has 2 aromatic rings. The summed E-state index contributed by atoms with van der Waals surface area (Å²) in [5, 5.41) is 4.60. The molecule has 0 aliphatic rings. The number of benzene rings is 1. The molecule has 0 saturated heterocycles. The van der Waals surface area contributed by atoms with E-state index in [1.807, 2.05) is 17.0 Å². The molecule has 2 N–H and O–H groups in total. The van der Waals surface area contributed by atoms with Crippen LogP contribution in [-0.2, 0) is 11.2 Å². The molecule has 7 heteroatoms. The van der Waals surface area contributed by atoms with Crippen molar-refractivity contribution >= 4 is 17.5 Å². The van der Waals surface area contributed by atoms with Gasteiger partial charge < -0.3 is 10.3 Å². The molecule has 2 rings (SSSR count). The van der Waals surface area contributed by atoms with E-state index in [0.717, 1.165) is 12.1 Å². The highest BCUT2D eigenvalue weighted by Crippen LogP contribution is 2.20. The lowest BCUT2D eigenvalue weighted by molar-refractivity contribution is -0.119. The van der Waals surface area contributed by atoms with Crippen molar-refractivity contribution < 1.29 is 9.32 Å². The summed E-state index contributed by atoms with van der Waals surface area (Å²) in [6.07, 6.45) is 0.563. The minimum absolute atomic E-state index is 0.230. The molecular formula is C16H21ClN4O2. The van der Waals surface area contributed by atoms with E-state index in [1.165, 1.54) is 0 Å². The second-order valence-electron chi connectivity index (χ2n) is 5.87. The van der Waals surface area contributed by atoms with Crippen LogP contribution in [0.25, 0.3) is 11.4 Å². The van der Waals surface area contributed by atoms with Crippen molar-refractivity contribution in [3.05, 3.63) is 35.2 Å². The van der Waals surface area contributed by atoms with Crippen LogP contribution in [0.1, 0.15) is 19.7 Å². The molecule has 0 bridgehead atoms. The normalized spacial score (nSPS) is 11.3. The molecule has 23 heavy (non-hydrogen) atoms. The van der Waals surface area contributed by atoms with Crippen LogP contribution in [0.15, 0.2) is 28.8 Å². The van der Waals surface area contributed by atoms with Crippen LogP contribution < -0.4 is 5.73 Å². The van der Waals surface area contributed by atoms with Crippen molar-refractivity contribution in [2.75, 3.05) is 19.6 Å². The molecule has 0 aliphatic carbocycles. The summed E-state index contributed by atoms with van der Waals surface area (Å²) in [5.41, 5.74) is 6.10. The Morgan fingerprint density at radius 2 is 2.22 bits per heavy atom. The first kappa shape index (κ1) is 17.4. The average Bonchev–Trinajstić information content (AvgIpc) is 2.92. The van der Waals surface area contributed by atoms with Crippen LogP contribution in [0.3, 0.4) is 0 Å². The second kappa shape index (κ2) is 8.08. The molecular weight excluding hydrogens is 316 g/mol. The number of carbonyl (C=O) groups is 1. The van der Waals surface area contributed by atoms with Gasteiger partial charge in [0.1, 0.15) is 0 Å². The van der Waals surface area contributed by atoms with Gasteiger partial charge in [-0.15, -0.1) is 0 Å². The van der Waals surface area contributed by atoms with Crippen LogP contribution in [0.4, 0.5) is 0 Å². The zero-order valence-electron chi connectivity index (χ0n) is 13.3. The fourth-order valence-electron chi connectivity index (χ4n) is 2.33. The third-order valence-corrected chi connectivity index (χ3v) is 3.43. The van der Waals surface area contributed by atoms with Crippen LogP contribution >= 0.6 is 11.6 Å². The highest BCUT2D eigenvalue weighted by Gasteiger charge is 2.14. The zero-order chi connectivity index (χ0) is 16.8. The maximum atomic E-state index is 11.1. The molecule has 0 atom stereocenters. The Balaban J connectivity index is 1.99. The van der Waals surface area contributed by atoms with Gasteiger partial charge in [0.05, 0.1) is 6.54 Å². The van der Waals surface area contributed by atoms with Gasteiger partial charge in [0, 0.05) is 30.1 Å². The summed E-state index contributed by atoms with van der Waals surface area (Å²) in [5.74, 6) is 1.14. The van der Waals surface area contributed by atoms with E-state index in [1.54, 1.807) is 12.1 Å². The second-order valence-corrected chi connectivity index (χ2v) is 6.30. The first-order chi connectivity index (χ1) is 10.9. The summed E-state index contributed by atoms with van der Waals surface area (Å²) < 4.78 is 5.27. The van der Waals surface area contributed by atoms with E-state index >= 15 is 0 Å². The summed E-state index contributed by atoms with van der Waals surface area (Å²) in [6.45, 7) is 5.85. The molecule has 124 valence electrons. The fraction of sp³-hybridized carbons (Fsp3) is 0.438. The molecule has 1 aromatic carbocycles. The Kier molecular flexibility index (Phi) is 6.12. The highest BCUT2D eigenvalue weighted by molar-refractivity contribution is 6.30. The van der Waals surface area contributed by atoms with E-state index in [9.17, 15) is 4.79 Å². The van der Waals surface area contributed by atoms with Crippen LogP contribution in [0.5, 0.6) is 0 Å². The van der Waals surface area contributed by atoms with E-state index < -0.39 is 0 Å². The third-order valence-electron chi connectivity index (χ3n) is 3.20. The largest absolute Gasteiger partial charge is 0.369 e. The van der Waals surface area contributed by atoms with E-state index in [2.05, 4.69) is 24.0 Å². The Morgan fingerprint density at radius 1 is 1.43 bits per heavy atom. The Bertz CT molecular complexity index is 657. The standard InChI is InChI=1S/C16H21ClN4O2/c1-11(2)9-21(10-14(18)22)7-6-15-19-16(20-23-15)12-4-3-5-13(17)8-12/h3-5,8,11H,6-7,9-10H2,1-2H3,(H2,18,22). The number of carbonyl (C=O) groups excluding carboxylic acids is 1. The van der Waals surface area contributed by atoms with Gasteiger partial charge in [-0.3, -0.25) is 9.69 Å². The number of hydrogen-bond acceptors (Lipinski definition) is 5. The summed E-state index contributed by atoms with van der Waals surface area (Å²) in [6, 6.07) is 7.29. The molecule has 1 amide bonds. The smallest absolute Gasteiger partial charge is 0.231 e. The van der Waals surface area contributed by atoms with Crippen LogP contribution in [0, 0.1) is 5.92 Å². The number of amides is 1. The van der Waals surface area contributed by atoms with E-state index in [4.69, 9.17) is 21.9 Å². The van der Waals surface area contributed by atoms with Gasteiger partial charge >= 0.3 is 0 Å². The number of aromatic nitrogens is 2. The summed E-state index contributed by atoms with van der Waals surface area (Å²) in [4.78, 5) is 17.5. The minimum Gasteiger partial charge on any atom is -0.369 e. The van der Waals surface area contributed by atoms with Crippen molar-refractivity contribution in [3.8, 4) is 11.4 Å². The Hall–Kier alpha value is -1.92. The number of nitrogens with two attached hydrogens (primary N) is 1. The van der Waals surface area contributed by atoms with Crippen molar-refractivity contribution in [3.63, 3.8) is 0 Å². The quantitative estimate of drug-likeness (QED) is 0.800. The van der Waals surface area contributed by atoms with Crippen molar-refractivity contribution in [1.82, 2.24) is 15.0 Å². The lowest BCUT2D eigenvalue weighted by Crippen LogP contribution is -2.37. The monoisotopic (exact) mass is 336 g/mol. The number of hydrogen-bond donors (Lipinski definition) is 1. The predicted molar refractivity (Wildman–Crippen MR) is 88.9 cm³/mol. The Morgan fingerprint density at radius 3 is 2.87 bits per heavy atom. The first-order valence-electron chi connectivity index (χ1n) is 7.53. The molecule has 0 radical (unpaired) electrons. The molecule has 0 unspecified atom stereocenters. The molecule has 0 saturated carbocycles. The van der Waals surface area contributed by atoms with Gasteiger partial charge in [0.2, 0.25) is 17.6 Å². The average molecular weight is 337 g/mol. The number of primary amides is 1. The number of nitrogens with zero attached hydrogens (tertiary/aromatic N) is 3. The van der Waals surface area contributed by atoms with Crippen molar-refractivity contribution in [2.45, 2.75) is 20.3 Å². The van der Waals surface area contributed by atoms with Gasteiger partial charge in [-0.2, -0.15) is 4.98 Å². The van der Waals surface area contributed by atoms with Crippen LogP contribution in [0.2, 0.25) is 5.02 Å². The van der Waals surface area contributed by atoms with Gasteiger partial charge in [-0.1, -0.05) is 42.7 Å². The highest BCUT2D eigenvalue weighted by atomic mass is 35.5. The van der Waals surface area contributed by atoms with Gasteiger partial charge in [-0.25, -0.2) is 0 Å². The topological polar surface area (TPSA) is 85.2 Å². The zero-order valence-corrected chi connectivity index (χ0v) is 14.1. The molecule has 0 fully saturated rings. The molecule has 0 aliphatic heterocycles. The molecule has 1 aromatic heterocycles. The SMILES string of the molecule is CC(C)CN(CCc1nc(-c2cccc(Cl)c2)no1)CC(N)=O. The maximum Gasteiger partial charge on any atom is 0.231 e. The Labute approximate surface area is 140 Å². The van der Waals surface area contributed by atoms with E-state index in [-0.39, 0.29) is 12.5 Å². The van der Waals surface area contributed by atoms with Gasteiger partial charge in [0.15, 0.2) is 0 Å². The number of rotatable bonds is 8. The van der Waals surface area contributed by atoms with Crippen LogP contribution in [-0.4, -0.2) is 40.6 Å². The molecule has 1 heterocycles. The summed E-state index contributed by atoms with van der Waals surface area (Å²) >= 11 is 5.96.